The van der Waals surface area contributed by atoms with E-state index in [9.17, 15) is 14.4 Å². The van der Waals surface area contributed by atoms with E-state index >= 15 is 0 Å². The Morgan fingerprint density at radius 1 is 1.08 bits per heavy atom. The van der Waals surface area contributed by atoms with Crippen LogP contribution in [0.15, 0.2) is 42.5 Å². The summed E-state index contributed by atoms with van der Waals surface area (Å²) in [6.07, 6.45) is 0.137. The lowest BCUT2D eigenvalue weighted by Crippen LogP contribution is -2.27. The maximum absolute atomic E-state index is 12.4. The quantitative estimate of drug-likeness (QED) is 0.481. The van der Waals surface area contributed by atoms with E-state index in [2.05, 4.69) is 0 Å². The van der Waals surface area contributed by atoms with E-state index < -0.39 is 11.9 Å². The third-order valence-electron chi connectivity index (χ3n) is 4.58. The van der Waals surface area contributed by atoms with Gasteiger partial charge in [0.2, 0.25) is 5.91 Å². The number of carbonyl (C=O) groups excluding carboxylic acids is 3. The fourth-order valence-electron chi connectivity index (χ4n) is 3.16. The van der Waals surface area contributed by atoms with E-state index in [0.29, 0.717) is 17.9 Å². The number of hydrogen-bond acceptors (Lipinski definition) is 4. The molecule has 5 heteroatoms. The highest BCUT2D eigenvalue weighted by Gasteiger charge is 2.36. The van der Waals surface area contributed by atoms with Crippen molar-refractivity contribution in [3.8, 4) is 5.75 Å². The molecule has 2 aromatic carbocycles. The minimum absolute atomic E-state index is 0.0478. The Hall–Kier alpha value is -2.95. The van der Waals surface area contributed by atoms with E-state index in [1.165, 1.54) is 6.92 Å². The van der Waals surface area contributed by atoms with Crippen LogP contribution in [0.1, 0.15) is 34.8 Å². The van der Waals surface area contributed by atoms with Crippen molar-refractivity contribution in [2.75, 3.05) is 11.4 Å². The number of Topliss-reactive ketones (excluding diaryl/α,β-unsaturated/α-hetero) is 1. The number of ether oxygens (including phenoxy) is 1. The van der Waals surface area contributed by atoms with Crippen molar-refractivity contribution in [1.82, 2.24) is 0 Å². The van der Waals surface area contributed by atoms with Crippen molar-refractivity contribution < 1.29 is 19.1 Å². The van der Waals surface area contributed by atoms with Gasteiger partial charge in [0, 0.05) is 24.2 Å². The monoisotopic (exact) mass is 351 g/mol. The summed E-state index contributed by atoms with van der Waals surface area (Å²) in [6, 6.07) is 12.3. The zero-order chi connectivity index (χ0) is 18.8. The molecule has 0 N–H and O–H groups in total. The molecule has 1 fully saturated rings. The molecule has 0 aliphatic carbocycles. The largest absolute Gasteiger partial charge is 0.426 e. The molecule has 134 valence electrons. The van der Waals surface area contributed by atoms with Crippen LogP contribution in [0.2, 0.25) is 0 Å². The highest BCUT2D eigenvalue weighted by Crippen LogP contribution is 2.29. The summed E-state index contributed by atoms with van der Waals surface area (Å²) in [7, 11) is 0. The first-order valence-corrected chi connectivity index (χ1v) is 8.55. The Bertz CT molecular complexity index is 870. The molecule has 0 unspecified atom stereocenters. The second-order valence-electron chi connectivity index (χ2n) is 6.70. The van der Waals surface area contributed by atoms with Gasteiger partial charge in [-0.25, -0.2) is 0 Å². The number of hydrogen-bond donors (Lipinski definition) is 0. The van der Waals surface area contributed by atoms with Gasteiger partial charge in [0.15, 0.2) is 5.78 Å². The Morgan fingerprint density at radius 2 is 1.77 bits per heavy atom. The highest BCUT2D eigenvalue weighted by molar-refractivity contribution is 6.00. The first kappa shape index (κ1) is 17.9. The Labute approximate surface area is 152 Å². The van der Waals surface area contributed by atoms with Crippen molar-refractivity contribution in [3.05, 3.63) is 59.2 Å². The second kappa shape index (κ2) is 7.12. The lowest BCUT2D eigenvalue weighted by atomic mass is 10.1. The van der Waals surface area contributed by atoms with Gasteiger partial charge < -0.3 is 9.64 Å². The smallest absolute Gasteiger partial charge is 0.316 e. The van der Waals surface area contributed by atoms with E-state index in [1.807, 2.05) is 32.0 Å². The molecule has 2 aromatic rings. The lowest BCUT2D eigenvalue weighted by molar-refractivity contribution is -0.139. The third-order valence-corrected chi connectivity index (χ3v) is 4.58. The van der Waals surface area contributed by atoms with Gasteiger partial charge >= 0.3 is 5.97 Å². The number of aryl methyl sites for hydroxylation is 2. The third kappa shape index (κ3) is 3.67. The molecule has 26 heavy (non-hydrogen) atoms. The topological polar surface area (TPSA) is 63.7 Å². The predicted octanol–water partition coefficient (Wildman–Crippen LogP) is 3.46. The summed E-state index contributed by atoms with van der Waals surface area (Å²) in [4.78, 5) is 37.8. The fourth-order valence-corrected chi connectivity index (χ4v) is 3.16. The van der Waals surface area contributed by atoms with Gasteiger partial charge in [-0.1, -0.05) is 17.7 Å². The van der Waals surface area contributed by atoms with Crippen LogP contribution in [0.25, 0.3) is 0 Å². The molecule has 1 aliphatic rings. The summed E-state index contributed by atoms with van der Waals surface area (Å²) in [5, 5.41) is 0. The number of esters is 1. The Morgan fingerprint density at radius 3 is 2.38 bits per heavy atom. The number of ketones is 1. The predicted molar refractivity (Wildman–Crippen MR) is 98.5 cm³/mol. The molecule has 1 aliphatic heterocycles. The van der Waals surface area contributed by atoms with Gasteiger partial charge in [-0.2, -0.15) is 0 Å². The molecule has 0 saturated carbocycles. The number of rotatable bonds is 4. The van der Waals surface area contributed by atoms with Crippen molar-refractivity contribution in [2.45, 2.75) is 27.2 Å². The average molecular weight is 351 g/mol. The minimum Gasteiger partial charge on any atom is -0.426 e. The van der Waals surface area contributed by atoms with Gasteiger partial charge in [0.25, 0.3) is 0 Å². The van der Waals surface area contributed by atoms with Crippen LogP contribution in [0.5, 0.6) is 5.75 Å². The average Bonchev–Trinajstić information content (AvgIpc) is 2.97. The number of benzene rings is 2. The maximum Gasteiger partial charge on any atom is 0.316 e. The van der Waals surface area contributed by atoms with Gasteiger partial charge in [-0.3, -0.25) is 14.4 Å². The zero-order valence-electron chi connectivity index (χ0n) is 15.1. The van der Waals surface area contributed by atoms with Crippen molar-refractivity contribution in [1.29, 1.82) is 0 Å². The first-order valence-electron chi connectivity index (χ1n) is 8.55. The van der Waals surface area contributed by atoms with Crippen LogP contribution >= 0.6 is 0 Å². The van der Waals surface area contributed by atoms with Crippen molar-refractivity contribution >= 4 is 23.3 Å². The molecule has 0 spiro atoms. The molecule has 5 nitrogen and oxygen atoms in total. The summed E-state index contributed by atoms with van der Waals surface area (Å²) in [5.74, 6) is -0.687. The molecule has 0 radical (unpaired) electrons. The summed E-state index contributed by atoms with van der Waals surface area (Å²) in [5.41, 5.74) is 3.53. The lowest BCUT2D eigenvalue weighted by Gasteiger charge is -2.19. The molecule has 1 atom stereocenters. The molecule has 1 saturated heterocycles. The zero-order valence-corrected chi connectivity index (χ0v) is 15.1. The van der Waals surface area contributed by atoms with Crippen LogP contribution in [0, 0.1) is 19.8 Å². The van der Waals surface area contributed by atoms with Gasteiger partial charge in [0.1, 0.15) is 5.75 Å². The molecule has 0 bridgehead atoms. The second-order valence-corrected chi connectivity index (χ2v) is 6.70. The molecule has 0 aromatic heterocycles. The fraction of sp³-hybridized carbons (Fsp3) is 0.286. The minimum atomic E-state index is -0.504. The summed E-state index contributed by atoms with van der Waals surface area (Å²) < 4.78 is 5.39. The SMILES string of the molecule is CC(=O)c1ccc(OC(=O)[C@H]2CC(=O)N(c3ccc(C)cc3C)C2)cc1. The number of amides is 1. The van der Waals surface area contributed by atoms with Crippen LogP contribution < -0.4 is 9.64 Å². The highest BCUT2D eigenvalue weighted by atomic mass is 16.5. The van der Waals surface area contributed by atoms with Gasteiger partial charge in [0.05, 0.1) is 5.92 Å². The van der Waals surface area contributed by atoms with E-state index in [-0.39, 0.29) is 18.1 Å². The first-order chi connectivity index (χ1) is 12.3. The molecule has 1 amide bonds. The number of anilines is 1. The van der Waals surface area contributed by atoms with Crippen molar-refractivity contribution in [3.63, 3.8) is 0 Å². The summed E-state index contributed by atoms with van der Waals surface area (Å²) >= 11 is 0. The van der Waals surface area contributed by atoms with Gasteiger partial charge in [-0.05, 0) is 56.7 Å². The number of carbonyl (C=O) groups is 3. The number of nitrogens with zero attached hydrogens (tertiary/aromatic N) is 1. The van der Waals surface area contributed by atoms with Crippen LogP contribution in [0.3, 0.4) is 0 Å². The normalized spacial score (nSPS) is 16.7. The van der Waals surface area contributed by atoms with Crippen LogP contribution in [-0.2, 0) is 9.59 Å². The van der Waals surface area contributed by atoms with Gasteiger partial charge in [-0.15, -0.1) is 0 Å². The Balaban J connectivity index is 1.69. The van der Waals surface area contributed by atoms with Crippen LogP contribution in [-0.4, -0.2) is 24.2 Å². The van der Waals surface area contributed by atoms with E-state index in [1.54, 1.807) is 29.2 Å². The molecular formula is C21H21NO4. The van der Waals surface area contributed by atoms with E-state index in [0.717, 1.165) is 16.8 Å². The van der Waals surface area contributed by atoms with Crippen LogP contribution in [0.4, 0.5) is 5.69 Å². The molecule has 3 rings (SSSR count). The summed E-state index contributed by atoms with van der Waals surface area (Å²) in [6.45, 7) is 5.75. The van der Waals surface area contributed by atoms with E-state index in [4.69, 9.17) is 4.74 Å². The van der Waals surface area contributed by atoms with Crippen molar-refractivity contribution in [2.24, 2.45) is 5.92 Å². The standard InChI is InChI=1S/C21H21NO4/c1-13-4-9-19(14(2)10-13)22-12-17(11-20(22)24)21(25)26-18-7-5-16(6-8-18)15(3)23/h4-10,17H,11-12H2,1-3H3/t17-/m0/s1. The maximum atomic E-state index is 12.4. The molecule has 1 heterocycles. The Kier molecular flexibility index (Phi) is 4.89. The molecular weight excluding hydrogens is 330 g/mol.